The first-order valence-corrected chi connectivity index (χ1v) is 31.1. The van der Waals surface area contributed by atoms with Crippen LogP contribution in [0.2, 0.25) is 0 Å². The third-order valence-electron chi connectivity index (χ3n) is 18.7. The molecule has 4 heterocycles. The van der Waals surface area contributed by atoms with E-state index in [2.05, 4.69) is 368 Å². The molecule has 0 spiro atoms. The van der Waals surface area contributed by atoms with Gasteiger partial charge in [-0.15, -0.1) is 0 Å². The third-order valence-corrected chi connectivity index (χ3v) is 18.7. The van der Waals surface area contributed by atoms with Crippen LogP contribution in [-0.4, -0.2) is 19.7 Å². The van der Waals surface area contributed by atoms with Crippen molar-refractivity contribution in [2.75, 3.05) is 14.7 Å². The van der Waals surface area contributed by atoms with Crippen molar-refractivity contribution in [3.8, 4) is 28.2 Å². The average molecular weight is 1150 g/mol. The molecular weight excluding hydrogens is 1090 g/mol. The van der Waals surface area contributed by atoms with Gasteiger partial charge in [-0.3, -0.25) is 0 Å². The lowest BCUT2D eigenvalue weighted by atomic mass is 9.91. The van der Waals surface area contributed by atoms with Gasteiger partial charge >= 0.3 is 0 Å². The summed E-state index contributed by atoms with van der Waals surface area (Å²) in [5.41, 5.74) is 23.0. The van der Waals surface area contributed by atoms with Crippen LogP contribution >= 0.6 is 0 Å². The van der Waals surface area contributed by atoms with Gasteiger partial charge in [0, 0.05) is 101 Å². The predicted octanol–water partition coefficient (Wildman–Crippen LogP) is 22.3. The molecule has 2 aliphatic rings. The lowest BCUT2D eigenvalue weighted by molar-refractivity contribution is 0.745. The van der Waals surface area contributed by atoms with Crippen molar-refractivity contribution in [3.63, 3.8) is 0 Å². The molecule has 0 saturated carbocycles. The molecule has 0 radical (unpaired) electrons. The molecule has 0 amide bonds. The molecule has 0 N–H and O–H groups in total. The number of benzene rings is 13. The Morgan fingerprint density at radius 3 is 0.978 bits per heavy atom. The van der Waals surface area contributed by atoms with Crippen molar-refractivity contribution in [1.29, 1.82) is 0 Å². The summed E-state index contributed by atoms with van der Waals surface area (Å²) in [6.45, 7) is 0. The fraction of sp³-hybridized carbons (Fsp3) is 0.0238. The van der Waals surface area contributed by atoms with E-state index in [1.54, 1.807) is 0 Å². The first kappa shape index (κ1) is 51.4. The number of hydrogen-bond acceptors (Lipinski definition) is 3. The van der Waals surface area contributed by atoms with Crippen molar-refractivity contribution in [3.05, 3.63) is 345 Å². The molecule has 16 aromatic rings. The minimum absolute atomic E-state index is 0.183. The fourth-order valence-electron chi connectivity index (χ4n) is 14.7. The van der Waals surface area contributed by atoms with Gasteiger partial charge in [0.15, 0.2) is 0 Å². The second-order valence-electron chi connectivity index (χ2n) is 23.7. The van der Waals surface area contributed by atoms with Crippen LogP contribution in [0, 0.1) is 0 Å². The van der Waals surface area contributed by atoms with Crippen LogP contribution < -0.4 is 14.7 Å². The lowest BCUT2D eigenvalue weighted by Gasteiger charge is -2.28. The Morgan fingerprint density at radius 1 is 0.244 bits per heavy atom. The summed E-state index contributed by atoms with van der Waals surface area (Å²) in [4.78, 5) is 7.38. The first-order valence-electron chi connectivity index (χ1n) is 31.1. The molecule has 13 aromatic carbocycles. The molecule has 0 saturated heterocycles. The van der Waals surface area contributed by atoms with Crippen LogP contribution in [0.15, 0.2) is 340 Å². The highest BCUT2D eigenvalue weighted by Crippen LogP contribution is 2.51. The van der Waals surface area contributed by atoms with Crippen LogP contribution in [0.4, 0.5) is 45.5 Å². The van der Waals surface area contributed by atoms with Crippen molar-refractivity contribution in [2.45, 2.75) is 12.0 Å². The number of rotatable bonds is 11. The summed E-state index contributed by atoms with van der Waals surface area (Å²) >= 11 is 0. The second kappa shape index (κ2) is 20.9. The van der Waals surface area contributed by atoms with Crippen LogP contribution in [0.25, 0.3) is 93.6 Å². The molecular formula is C84H58N6. The Kier molecular flexibility index (Phi) is 12.0. The molecule has 1 aliphatic heterocycles. The summed E-state index contributed by atoms with van der Waals surface area (Å²) in [7, 11) is 0. The van der Waals surface area contributed by atoms with Crippen LogP contribution in [0.5, 0.6) is 0 Å². The van der Waals surface area contributed by atoms with E-state index < -0.39 is 0 Å². The van der Waals surface area contributed by atoms with Gasteiger partial charge in [0.25, 0.3) is 0 Å². The Balaban J connectivity index is 0.760. The second-order valence-corrected chi connectivity index (χ2v) is 23.7. The Labute approximate surface area is 521 Å². The minimum atomic E-state index is 0.183. The summed E-state index contributed by atoms with van der Waals surface area (Å²) in [5, 5.41) is 7.25. The maximum atomic E-state index is 2.51. The maximum absolute atomic E-state index is 2.51. The number of allylic oxidation sites excluding steroid dienone is 2. The summed E-state index contributed by atoms with van der Waals surface area (Å²) in [6, 6.07) is 116. The number of hydrogen-bond donors (Lipinski definition) is 0. The van der Waals surface area contributed by atoms with Crippen molar-refractivity contribution >= 4 is 111 Å². The molecule has 90 heavy (non-hydrogen) atoms. The van der Waals surface area contributed by atoms with E-state index in [4.69, 9.17) is 0 Å². The van der Waals surface area contributed by atoms with Gasteiger partial charge in [0.05, 0.1) is 39.1 Å². The van der Waals surface area contributed by atoms with E-state index in [0.29, 0.717) is 0 Å². The molecule has 6 nitrogen and oxygen atoms in total. The zero-order valence-corrected chi connectivity index (χ0v) is 49.2. The lowest BCUT2D eigenvalue weighted by Crippen LogP contribution is -2.28. The quantitative estimate of drug-likeness (QED) is 0.129. The van der Waals surface area contributed by atoms with Crippen LogP contribution in [-0.2, 0) is 0 Å². The minimum Gasteiger partial charge on any atom is -0.333 e. The fourth-order valence-corrected chi connectivity index (χ4v) is 14.7. The number of fused-ring (bicyclic) bond motifs is 12. The first-order chi connectivity index (χ1) is 44.7. The number of aromatic nitrogens is 3. The molecule has 18 rings (SSSR count). The Bertz CT molecular complexity index is 5330. The zero-order valence-electron chi connectivity index (χ0n) is 49.2. The smallest absolute Gasteiger partial charge is 0.0629 e. The van der Waals surface area contributed by atoms with Gasteiger partial charge < -0.3 is 28.4 Å². The molecule has 2 unspecified atom stereocenters. The van der Waals surface area contributed by atoms with Gasteiger partial charge in [0.2, 0.25) is 0 Å². The SMILES string of the molecule is C1=CC2c3cc(N(c4ccc(-c5ccc(N(c6ccc7c(c6)c6ccccc6n7-c6ccccc6)c6ccc7c(c6)c6ccccc6n7-c6ccccc6)cc5)cc4)c4ccc5c(c4)c4ccccc4n5-c4ccccc4)ccc3N(c3ccccc3)C2C=C1. The Hall–Kier alpha value is -11.9. The van der Waals surface area contributed by atoms with Crippen molar-refractivity contribution in [2.24, 2.45) is 0 Å². The van der Waals surface area contributed by atoms with E-state index in [1.165, 1.54) is 82.4 Å². The molecule has 3 aromatic heterocycles. The zero-order chi connectivity index (χ0) is 59.2. The molecule has 0 bridgehead atoms. The van der Waals surface area contributed by atoms with Gasteiger partial charge in [-0.1, -0.05) is 176 Å². The largest absolute Gasteiger partial charge is 0.333 e. The molecule has 6 heteroatoms. The maximum Gasteiger partial charge on any atom is 0.0629 e. The summed E-state index contributed by atoms with van der Waals surface area (Å²) in [5.74, 6) is 0.202. The van der Waals surface area contributed by atoms with E-state index in [-0.39, 0.29) is 12.0 Å². The van der Waals surface area contributed by atoms with Gasteiger partial charge in [-0.05, 0) is 180 Å². The molecule has 1 aliphatic carbocycles. The normalized spacial score (nSPS) is 14.3. The monoisotopic (exact) mass is 1150 g/mol. The van der Waals surface area contributed by atoms with Crippen LogP contribution in [0.3, 0.4) is 0 Å². The van der Waals surface area contributed by atoms with Crippen molar-refractivity contribution in [1.82, 2.24) is 13.7 Å². The third kappa shape index (κ3) is 8.26. The number of para-hydroxylation sites is 7. The highest BCUT2D eigenvalue weighted by molar-refractivity contribution is 6.13. The van der Waals surface area contributed by atoms with E-state index in [1.807, 2.05) is 0 Å². The van der Waals surface area contributed by atoms with Gasteiger partial charge in [-0.25, -0.2) is 0 Å². The van der Waals surface area contributed by atoms with Crippen molar-refractivity contribution < 1.29 is 0 Å². The summed E-state index contributed by atoms with van der Waals surface area (Å²) in [6.07, 6.45) is 9.13. The predicted molar refractivity (Wildman–Crippen MR) is 378 cm³/mol. The molecule has 0 fully saturated rings. The van der Waals surface area contributed by atoms with E-state index in [9.17, 15) is 0 Å². The van der Waals surface area contributed by atoms with Gasteiger partial charge in [0.1, 0.15) is 0 Å². The van der Waals surface area contributed by atoms with E-state index in [0.717, 1.165) is 62.3 Å². The highest BCUT2D eigenvalue weighted by Gasteiger charge is 2.38. The average Bonchev–Trinajstić information content (AvgIpc) is 1.72. The highest BCUT2D eigenvalue weighted by atomic mass is 15.2. The molecule has 2 atom stereocenters. The molecule has 424 valence electrons. The summed E-state index contributed by atoms with van der Waals surface area (Å²) < 4.78 is 7.17. The number of anilines is 8. The standard InChI is InChI=1S/C84H58N6/c1-5-21-59(22-6-1)87-77-33-17-13-29-69(77)73-53-65(45-49-81(73)87)85(66-46-50-82-74(54-66)70-30-14-18-34-78(70)88(82)60-23-7-2-8-24-60)63-41-37-57(38-42-63)58-39-43-64(44-40-58)86(67-47-51-83-75(55-67)71-31-15-19-35-79(71)89(83)61-25-9-3-10-26-61)68-48-52-84-76(56-68)72-32-16-20-36-80(72)90(84)62-27-11-4-12-28-62/h1-56,69,77H. The van der Waals surface area contributed by atoms with E-state index >= 15 is 0 Å². The number of nitrogens with zero attached hydrogens (tertiary/aromatic N) is 6. The van der Waals surface area contributed by atoms with Gasteiger partial charge in [-0.2, -0.15) is 0 Å². The van der Waals surface area contributed by atoms with Crippen LogP contribution in [0.1, 0.15) is 11.5 Å². The topological polar surface area (TPSA) is 24.5 Å². The Morgan fingerprint density at radius 2 is 0.567 bits per heavy atom.